The molecule has 0 aromatic rings. The van der Waals surface area contributed by atoms with Gasteiger partial charge in [-0.2, -0.15) is 0 Å². The van der Waals surface area contributed by atoms with E-state index < -0.39 is 10.0 Å². The summed E-state index contributed by atoms with van der Waals surface area (Å²) in [6, 6.07) is 0. The van der Waals surface area contributed by atoms with Gasteiger partial charge in [-0.3, -0.25) is 0 Å². The van der Waals surface area contributed by atoms with E-state index in [1.807, 2.05) is 0 Å². The average molecular weight is 221 g/mol. The molecule has 1 aliphatic heterocycles. The van der Waals surface area contributed by atoms with Crippen LogP contribution in [0.5, 0.6) is 0 Å². The third kappa shape index (κ3) is 2.46. The first-order valence-electron chi connectivity index (χ1n) is 5.08. The number of rotatable bonds is 3. The Morgan fingerprint density at radius 2 is 1.86 bits per heavy atom. The largest absolute Gasteiger partial charge is 0.396 e. The summed E-state index contributed by atoms with van der Waals surface area (Å²) in [5, 5.41) is 8.58. The highest BCUT2D eigenvalue weighted by molar-refractivity contribution is 7.89. The van der Waals surface area contributed by atoms with Crippen LogP contribution in [0.4, 0.5) is 0 Å². The van der Waals surface area contributed by atoms with E-state index >= 15 is 0 Å². The molecule has 84 valence electrons. The molecule has 1 rings (SSSR count). The van der Waals surface area contributed by atoms with Crippen molar-refractivity contribution in [2.75, 3.05) is 19.7 Å². The van der Waals surface area contributed by atoms with Crippen molar-refractivity contribution in [2.45, 2.75) is 31.9 Å². The average Bonchev–Trinajstić information content (AvgIpc) is 2.17. The molecule has 0 saturated carbocycles. The lowest BCUT2D eigenvalue weighted by Gasteiger charge is -2.31. The first-order valence-corrected chi connectivity index (χ1v) is 6.58. The van der Waals surface area contributed by atoms with Crippen LogP contribution in [0, 0.1) is 5.92 Å². The molecule has 1 heterocycles. The topological polar surface area (TPSA) is 57.6 Å². The maximum atomic E-state index is 11.7. The summed E-state index contributed by atoms with van der Waals surface area (Å²) < 4.78 is 25.0. The maximum absolute atomic E-state index is 11.7. The van der Waals surface area contributed by atoms with Crippen molar-refractivity contribution in [3.8, 4) is 0 Å². The van der Waals surface area contributed by atoms with Crippen molar-refractivity contribution in [2.24, 2.45) is 5.92 Å². The van der Waals surface area contributed by atoms with Gasteiger partial charge in [0.1, 0.15) is 0 Å². The van der Waals surface area contributed by atoms with Gasteiger partial charge in [0.2, 0.25) is 10.0 Å². The second-order valence-electron chi connectivity index (χ2n) is 4.12. The van der Waals surface area contributed by atoms with Crippen LogP contribution in [0.15, 0.2) is 0 Å². The van der Waals surface area contributed by atoms with Gasteiger partial charge in [-0.25, -0.2) is 12.7 Å². The normalized spacial score (nSPS) is 21.7. The molecule has 0 spiro atoms. The zero-order valence-electron chi connectivity index (χ0n) is 8.81. The lowest BCUT2D eigenvalue weighted by Crippen LogP contribution is -2.42. The molecule has 14 heavy (non-hydrogen) atoms. The molecular weight excluding hydrogens is 202 g/mol. The highest BCUT2D eigenvalue weighted by atomic mass is 32.2. The van der Waals surface area contributed by atoms with E-state index in [0.29, 0.717) is 13.1 Å². The van der Waals surface area contributed by atoms with Crippen molar-refractivity contribution >= 4 is 10.0 Å². The van der Waals surface area contributed by atoms with Crippen LogP contribution < -0.4 is 0 Å². The molecule has 0 aromatic carbocycles. The molecule has 1 aliphatic rings. The molecule has 4 nitrogen and oxygen atoms in total. The van der Waals surface area contributed by atoms with E-state index in [0.717, 1.165) is 12.8 Å². The molecule has 1 N–H and O–H groups in total. The summed E-state index contributed by atoms with van der Waals surface area (Å²) in [6.45, 7) is 4.70. The molecule has 0 aliphatic carbocycles. The summed E-state index contributed by atoms with van der Waals surface area (Å²) in [7, 11) is -3.08. The third-order valence-electron chi connectivity index (χ3n) is 2.79. The number of sulfonamides is 1. The van der Waals surface area contributed by atoms with Crippen LogP contribution in [0.3, 0.4) is 0 Å². The Morgan fingerprint density at radius 1 is 1.36 bits per heavy atom. The molecule has 1 fully saturated rings. The minimum Gasteiger partial charge on any atom is -0.396 e. The van der Waals surface area contributed by atoms with E-state index in [1.54, 1.807) is 18.2 Å². The number of aliphatic hydroxyl groups excluding tert-OH is 1. The predicted octanol–water partition coefficient (Wildman–Crippen LogP) is 0.429. The van der Waals surface area contributed by atoms with Crippen molar-refractivity contribution in [1.29, 1.82) is 0 Å². The number of hydrogen-bond donors (Lipinski definition) is 1. The summed E-state index contributed by atoms with van der Waals surface area (Å²) in [5.74, 6) is 0.286. The second kappa shape index (κ2) is 4.59. The number of piperidine rings is 1. The quantitative estimate of drug-likeness (QED) is 0.752. The van der Waals surface area contributed by atoms with Crippen molar-refractivity contribution in [3.63, 3.8) is 0 Å². The van der Waals surface area contributed by atoms with Crippen molar-refractivity contribution in [3.05, 3.63) is 0 Å². The Morgan fingerprint density at radius 3 is 2.21 bits per heavy atom. The Kier molecular flexibility index (Phi) is 3.92. The van der Waals surface area contributed by atoms with Gasteiger partial charge in [-0.1, -0.05) is 0 Å². The Bertz CT molecular complexity index is 266. The van der Waals surface area contributed by atoms with Gasteiger partial charge >= 0.3 is 0 Å². The molecule has 5 heteroatoms. The standard InChI is InChI=1S/C9H19NO3S/c1-8(2)14(12,13)10-5-3-9(7-11)4-6-10/h8-9,11H,3-7H2,1-2H3. The minimum atomic E-state index is -3.08. The summed E-state index contributed by atoms with van der Waals surface area (Å²) >= 11 is 0. The fourth-order valence-corrected chi connectivity index (χ4v) is 2.96. The Balaban J connectivity index is 2.58. The number of aliphatic hydroxyl groups is 1. The smallest absolute Gasteiger partial charge is 0.216 e. The maximum Gasteiger partial charge on any atom is 0.216 e. The number of hydrogen-bond acceptors (Lipinski definition) is 3. The molecule has 0 amide bonds. The van der Waals surface area contributed by atoms with Crippen LogP contribution >= 0.6 is 0 Å². The second-order valence-corrected chi connectivity index (χ2v) is 6.61. The lowest BCUT2D eigenvalue weighted by molar-refractivity contribution is 0.169. The van der Waals surface area contributed by atoms with Crippen LogP contribution in [-0.2, 0) is 10.0 Å². The molecule has 0 aromatic heterocycles. The van der Waals surface area contributed by atoms with Crippen molar-refractivity contribution in [1.82, 2.24) is 4.31 Å². The molecule has 0 atom stereocenters. The van der Waals surface area contributed by atoms with Gasteiger partial charge in [-0.05, 0) is 32.6 Å². The van der Waals surface area contributed by atoms with Crippen LogP contribution in [0.25, 0.3) is 0 Å². The van der Waals surface area contributed by atoms with Crippen LogP contribution in [0.1, 0.15) is 26.7 Å². The van der Waals surface area contributed by atoms with E-state index in [1.165, 1.54) is 0 Å². The molecule has 0 unspecified atom stereocenters. The summed E-state index contributed by atoms with van der Waals surface area (Å²) in [6.07, 6.45) is 1.56. The first-order chi connectivity index (χ1) is 6.48. The molecule has 1 saturated heterocycles. The Labute approximate surface area is 86.0 Å². The van der Waals surface area contributed by atoms with Gasteiger partial charge in [0.15, 0.2) is 0 Å². The molecular formula is C9H19NO3S. The van der Waals surface area contributed by atoms with Gasteiger partial charge in [0.05, 0.1) is 5.25 Å². The lowest BCUT2D eigenvalue weighted by atomic mass is 10.00. The van der Waals surface area contributed by atoms with E-state index in [2.05, 4.69) is 0 Å². The highest BCUT2D eigenvalue weighted by Crippen LogP contribution is 2.20. The van der Waals surface area contributed by atoms with E-state index in [-0.39, 0.29) is 17.8 Å². The summed E-state index contributed by atoms with van der Waals surface area (Å²) in [5.41, 5.74) is 0. The number of nitrogens with zero attached hydrogens (tertiary/aromatic N) is 1. The van der Waals surface area contributed by atoms with Crippen molar-refractivity contribution < 1.29 is 13.5 Å². The highest BCUT2D eigenvalue weighted by Gasteiger charge is 2.29. The van der Waals surface area contributed by atoms with Crippen LogP contribution in [-0.4, -0.2) is 42.8 Å². The summed E-state index contributed by atoms with van der Waals surface area (Å²) in [4.78, 5) is 0. The zero-order chi connectivity index (χ0) is 10.8. The van der Waals surface area contributed by atoms with E-state index in [4.69, 9.17) is 5.11 Å². The molecule has 0 bridgehead atoms. The van der Waals surface area contributed by atoms with Gasteiger partial charge < -0.3 is 5.11 Å². The monoisotopic (exact) mass is 221 g/mol. The van der Waals surface area contributed by atoms with Gasteiger partial charge in [-0.15, -0.1) is 0 Å². The molecule has 0 radical (unpaired) electrons. The van der Waals surface area contributed by atoms with Crippen LogP contribution in [0.2, 0.25) is 0 Å². The van der Waals surface area contributed by atoms with Gasteiger partial charge in [0.25, 0.3) is 0 Å². The predicted molar refractivity (Wildman–Crippen MR) is 55.4 cm³/mol. The zero-order valence-corrected chi connectivity index (χ0v) is 9.63. The third-order valence-corrected chi connectivity index (χ3v) is 5.06. The SMILES string of the molecule is CC(C)S(=O)(=O)N1CCC(CO)CC1. The first kappa shape index (κ1) is 11.9. The Hall–Kier alpha value is -0.130. The fraction of sp³-hybridized carbons (Fsp3) is 1.00. The fourth-order valence-electron chi connectivity index (χ4n) is 1.64. The van der Waals surface area contributed by atoms with E-state index in [9.17, 15) is 8.42 Å². The minimum absolute atomic E-state index is 0.176. The van der Waals surface area contributed by atoms with Gasteiger partial charge in [0, 0.05) is 19.7 Å².